The number of carbonyl (C=O) groups excluding carboxylic acids is 1. The smallest absolute Gasteiger partial charge is 0.240 e. The van der Waals surface area contributed by atoms with E-state index in [4.69, 9.17) is 28.6 Å². The van der Waals surface area contributed by atoms with Crippen molar-refractivity contribution in [2.45, 2.75) is 32.9 Å². The van der Waals surface area contributed by atoms with Crippen LogP contribution in [-0.4, -0.2) is 27.3 Å². The van der Waals surface area contributed by atoms with Crippen molar-refractivity contribution < 1.29 is 9.53 Å². The maximum absolute atomic E-state index is 12.5. The van der Waals surface area contributed by atoms with Gasteiger partial charge in [0.15, 0.2) is 10.6 Å². The average Bonchev–Trinajstić information content (AvgIpc) is 3.08. The number of ether oxygens (including phenoxy) is 1. The summed E-state index contributed by atoms with van der Waals surface area (Å²) >= 11 is 11.2. The molecular formula is C21H23ClN4O2S. The second-order valence-electron chi connectivity index (χ2n) is 6.57. The maximum atomic E-state index is 12.5. The highest BCUT2D eigenvalue weighted by Gasteiger charge is 2.12. The Bertz CT molecular complexity index is 1010. The normalized spacial score (nSPS) is 10.7. The van der Waals surface area contributed by atoms with Crippen molar-refractivity contribution >= 4 is 29.7 Å². The zero-order valence-electron chi connectivity index (χ0n) is 16.2. The Morgan fingerprint density at radius 1 is 1.28 bits per heavy atom. The van der Waals surface area contributed by atoms with E-state index in [-0.39, 0.29) is 12.5 Å². The van der Waals surface area contributed by atoms with Crippen molar-refractivity contribution in [3.8, 4) is 17.1 Å². The molecule has 6 nitrogen and oxygen atoms in total. The third-order valence-electron chi connectivity index (χ3n) is 4.32. The lowest BCUT2D eigenvalue weighted by atomic mass is 10.2. The predicted molar refractivity (Wildman–Crippen MR) is 117 cm³/mol. The van der Waals surface area contributed by atoms with Crippen LogP contribution in [0.4, 0.5) is 0 Å². The second kappa shape index (κ2) is 10.2. The number of hydrogen-bond acceptors (Lipinski definition) is 4. The predicted octanol–water partition coefficient (Wildman–Crippen LogP) is 4.76. The van der Waals surface area contributed by atoms with E-state index in [1.165, 1.54) is 0 Å². The molecule has 3 rings (SSSR count). The maximum Gasteiger partial charge on any atom is 0.240 e. The lowest BCUT2D eigenvalue weighted by molar-refractivity contribution is -0.121. The number of H-pyrrole nitrogens is 1. The van der Waals surface area contributed by atoms with E-state index >= 15 is 0 Å². The van der Waals surface area contributed by atoms with Gasteiger partial charge in [-0.25, -0.2) is 0 Å². The molecule has 1 heterocycles. The molecule has 3 aromatic rings. The number of nitrogens with zero attached hydrogens (tertiary/aromatic N) is 2. The fourth-order valence-electron chi connectivity index (χ4n) is 2.76. The fraction of sp³-hybridized carbons (Fsp3) is 0.286. The first-order valence-corrected chi connectivity index (χ1v) is 10.2. The number of amides is 1. The number of carbonyl (C=O) groups is 1. The van der Waals surface area contributed by atoms with E-state index in [9.17, 15) is 4.79 Å². The molecule has 0 radical (unpaired) electrons. The SMILES string of the molecule is CCCCOc1cccc(CNC(=O)Cn2c(-c3ccc(Cl)cc3)n[nH]c2=S)c1. The Morgan fingerprint density at radius 3 is 2.83 bits per heavy atom. The highest BCUT2D eigenvalue weighted by Crippen LogP contribution is 2.20. The van der Waals surface area contributed by atoms with Gasteiger partial charge in [0.2, 0.25) is 5.91 Å². The molecule has 0 atom stereocenters. The van der Waals surface area contributed by atoms with Gasteiger partial charge in [0, 0.05) is 17.1 Å². The number of nitrogens with one attached hydrogen (secondary N) is 2. The van der Waals surface area contributed by atoms with Crippen LogP contribution in [0.1, 0.15) is 25.3 Å². The van der Waals surface area contributed by atoms with Crippen molar-refractivity contribution in [1.29, 1.82) is 0 Å². The molecule has 2 N–H and O–H groups in total. The largest absolute Gasteiger partial charge is 0.494 e. The molecule has 29 heavy (non-hydrogen) atoms. The van der Waals surface area contributed by atoms with Crippen molar-refractivity contribution in [1.82, 2.24) is 20.1 Å². The number of hydrogen-bond donors (Lipinski definition) is 2. The topological polar surface area (TPSA) is 71.9 Å². The molecule has 0 fully saturated rings. The summed E-state index contributed by atoms with van der Waals surface area (Å²) in [4.78, 5) is 12.5. The zero-order valence-corrected chi connectivity index (χ0v) is 17.7. The number of benzene rings is 2. The van der Waals surface area contributed by atoms with Gasteiger partial charge in [-0.3, -0.25) is 14.5 Å². The van der Waals surface area contributed by atoms with Crippen LogP contribution in [-0.2, 0) is 17.9 Å². The van der Waals surface area contributed by atoms with Gasteiger partial charge in [-0.1, -0.05) is 37.1 Å². The first kappa shape index (κ1) is 21.1. The number of aromatic nitrogens is 3. The van der Waals surface area contributed by atoms with Crippen molar-refractivity contribution in [2.75, 3.05) is 6.61 Å². The van der Waals surface area contributed by atoms with Crippen LogP contribution in [0.5, 0.6) is 5.75 Å². The molecule has 1 aromatic heterocycles. The summed E-state index contributed by atoms with van der Waals surface area (Å²) in [5.74, 6) is 1.25. The van der Waals surface area contributed by atoms with E-state index < -0.39 is 0 Å². The number of halogens is 1. The molecule has 0 saturated heterocycles. The monoisotopic (exact) mass is 430 g/mol. The van der Waals surface area contributed by atoms with Gasteiger partial charge in [-0.2, -0.15) is 5.10 Å². The molecule has 0 aliphatic carbocycles. The minimum absolute atomic E-state index is 0.0694. The van der Waals surface area contributed by atoms with Gasteiger partial charge in [-0.15, -0.1) is 0 Å². The summed E-state index contributed by atoms with van der Waals surface area (Å²) in [5.41, 5.74) is 1.80. The standard InChI is InChI=1S/C21H23ClN4O2S/c1-2-3-11-28-18-6-4-5-15(12-18)13-23-19(27)14-26-20(24-25-21(26)29)16-7-9-17(22)10-8-16/h4-10,12H,2-3,11,13-14H2,1H3,(H,23,27)(H,25,29). The lowest BCUT2D eigenvalue weighted by Crippen LogP contribution is -2.27. The van der Waals surface area contributed by atoms with Crippen LogP contribution >= 0.6 is 23.8 Å². The van der Waals surface area contributed by atoms with Crippen LogP contribution in [0.3, 0.4) is 0 Å². The third kappa shape index (κ3) is 5.92. The minimum atomic E-state index is -0.157. The van der Waals surface area contributed by atoms with Crippen molar-refractivity contribution in [2.24, 2.45) is 0 Å². The molecule has 0 saturated carbocycles. The molecule has 8 heteroatoms. The van der Waals surface area contributed by atoms with Gasteiger partial charge >= 0.3 is 0 Å². The Balaban J connectivity index is 1.62. The highest BCUT2D eigenvalue weighted by molar-refractivity contribution is 7.71. The Morgan fingerprint density at radius 2 is 2.07 bits per heavy atom. The van der Waals surface area contributed by atoms with Gasteiger partial charge in [0.1, 0.15) is 12.3 Å². The molecule has 0 aliphatic rings. The molecule has 2 aromatic carbocycles. The number of rotatable bonds is 9. The summed E-state index contributed by atoms with van der Waals surface area (Å²) in [5, 5.41) is 10.5. The molecule has 1 amide bonds. The summed E-state index contributed by atoms with van der Waals surface area (Å²) in [7, 11) is 0. The van der Waals surface area contributed by atoms with Gasteiger partial charge in [0.25, 0.3) is 0 Å². The molecular weight excluding hydrogens is 408 g/mol. The fourth-order valence-corrected chi connectivity index (χ4v) is 3.09. The van der Waals surface area contributed by atoms with Crippen molar-refractivity contribution in [3.05, 3.63) is 63.9 Å². The van der Waals surface area contributed by atoms with Crippen LogP contribution in [0.25, 0.3) is 11.4 Å². The van der Waals surface area contributed by atoms with Crippen LogP contribution in [0.15, 0.2) is 48.5 Å². The Hall–Kier alpha value is -2.64. The van der Waals surface area contributed by atoms with E-state index in [0.717, 1.165) is 29.7 Å². The molecule has 152 valence electrons. The Kier molecular flexibility index (Phi) is 7.43. The van der Waals surface area contributed by atoms with Crippen LogP contribution in [0, 0.1) is 4.77 Å². The van der Waals surface area contributed by atoms with E-state index in [1.54, 1.807) is 16.7 Å². The number of aromatic amines is 1. The minimum Gasteiger partial charge on any atom is -0.494 e. The first-order valence-electron chi connectivity index (χ1n) is 9.46. The average molecular weight is 431 g/mol. The third-order valence-corrected chi connectivity index (χ3v) is 4.88. The van der Waals surface area contributed by atoms with E-state index in [0.29, 0.717) is 28.8 Å². The summed E-state index contributed by atoms with van der Waals surface area (Å²) in [6, 6.07) is 15.0. The Labute approximate surface area is 179 Å². The molecule has 0 bridgehead atoms. The molecule has 0 aliphatic heterocycles. The summed E-state index contributed by atoms with van der Waals surface area (Å²) in [6.45, 7) is 3.30. The first-order chi connectivity index (χ1) is 14.1. The highest BCUT2D eigenvalue weighted by atomic mass is 35.5. The van der Waals surface area contributed by atoms with Gasteiger partial charge < -0.3 is 10.1 Å². The van der Waals surface area contributed by atoms with Crippen LogP contribution < -0.4 is 10.1 Å². The second-order valence-corrected chi connectivity index (χ2v) is 7.39. The van der Waals surface area contributed by atoms with Gasteiger partial charge in [0.05, 0.1) is 6.61 Å². The van der Waals surface area contributed by atoms with Gasteiger partial charge in [-0.05, 0) is 60.6 Å². The molecule has 0 unspecified atom stereocenters. The van der Waals surface area contributed by atoms with E-state index in [1.807, 2.05) is 36.4 Å². The summed E-state index contributed by atoms with van der Waals surface area (Å²) in [6.07, 6.45) is 2.10. The lowest BCUT2D eigenvalue weighted by Gasteiger charge is -2.10. The molecule has 0 spiro atoms. The zero-order chi connectivity index (χ0) is 20.6. The van der Waals surface area contributed by atoms with Crippen molar-refractivity contribution in [3.63, 3.8) is 0 Å². The van der Waals surface area contributed by atoms with Crippen LogP contribution in [0.2, 0.25) is 5.02 Å². The van der Waals surface area contributed by atoms with E-state index in [2.05, 4.69) is 22.4 Å². The number of unbranched alkanes of at least 4 members (excludes halogenated alkanes) is 1. The quantitative estimate of drug-likeness (QED) is 0.379. The summed E-state index contributed by atoms with van der Waals surface area (Å²) < 4.78 is 7.77.